The van der Waals surface area contributed by atoms with Crippen molar-refractivity contribution in [1.82, 2.24) is 9.97 Å². The van der Waals surface area contributed by atoms with Crippen LogP contribution in [0.4, 0.5) is 24.8 Å². The molecule has 6 nitrogen and oxygen atoms in total. The number of piperidine rings is 1. The Balaban J connectivity index is 1.56. The largest absolute Gasteiger partial charge is 0.481 e. The van der Waals surface area contributed by atoms with E-state index in [9.17, 15) is 23.1 Å². The van der Waals surface area contributed by atoms with E-state index >= 15 is 0 Å². The minimum Gasteiger partial charge on any atom is -0.481 e. The molecular formula is C25H25F3N4O2S. The number of nitrogens with zero attached hydrogens (tertiary/aromatic N) is 3. The van der Waals surface area contributed by atoms with Crippen molar-refractivity contribution in [2.24, 2.45) is 5.92 Å². The Hall–Kier alpha value is -3.27. The standard InChI is InChI=1S/C25H25F3N4O2S/c1-2-16-7-3-4-9-18(16)23-19(25(26,27)28)12-13-20(29-23)31-35-22-11-5-10-21(30-22)32-14-6-8-17(15-32)24(33)34/h3-5,7,9-13,17H,2,6,8,14-15H2,1H3,(H,29,31)(H,33,34)/t17-/m1/s1. The molecule has 1 aromatic carbocycles. The number of rotatable bonds is 7. The van der Waals surface area contributed by atoms with Crippen LogP contribution < -0.4 is 9.62 Å². The lowest BCUT2D eigenvalue weighted by Crippen LogP contribution is -2.39. The Labute approximate surface area is 205 Å². The number of hydrogen-bond acceptors (Lipinski definition) is 6. The molecule has 1 atom stereocenters. The van der Waals surface area contributed by atoms with E-state index in [0.29, 0.717) is 35.8 Å². The van der Waals surface area contributed by atoms with Crippen LogP contribution in [-0.4, -0.2) is 34.1 Å². The Kier molecular flexibility index (Phi) is 7.49. The number of carboxylic acid groups (broad SMARTS) is 1. The highest BCUT2D eigenvalue weighted by molar-refractivity contribution is 8.00. The van der Waals surface area contributed by atoms with Crippen LogP contribution in [0.15, 0.2) is 59.6 Å². The quantitative estimate of drug-likeness (QED) is 0.376. The van der Waals surface area contributed by atoms with Crippen LogP contribution in [0.2, 0.25) is 0 Å². The monoisotopic (exact) mass is 502 g/mol. The average Bonchev–Trinajstić information content (AvgIpc) is 2.87. The molecule has 0 aliphatic carbocycles. The molecule has 0 bridgehead atoms. The van der Waals surface area contributed by atoms with Gasteiger partial charge in [-0.1, -0.05) is 37.3 Å². The topological polar surface area (TPSA) is 78.4 Å². The second-order valence-electron chi connectivity index (χ2n) is 8.26. The van der Waals surface area contributed by atoms with E-state index in [0.717, 1.165) is 36.5 Å². The highest BCUT2D eigenvalue weighted by Gasteiger charge is 2.35. The molecule has 3 heterocycles. The summed E-state index contributed by atoms with van der Waals surface area (Å²) in [6, 6.07) is 14.7. The number of nitrogens with one attached hydrogen (secondary N) is 1. The van der Waals surface area contributed by atoms with E-state index in [-0.39, 0.29) is 11.5 Å². The molecule has 2 aromatic heterocycles. The first-order valence-corrected chi connectivity index (χ1v) is 12.1. The predicted molar refractivity (Wildman–Crippen MR) is 130 cm³/mol. The SMILES string of the molecule is CCc1ccccc1-c1nc(NSc2cccc(N3CCC[C@@H](C(=O)O)C3)n2)ccc1C(F)(F)F. The van der Waals surface area contributed by atoms with Gasteiger partial charge in [0.05, 0.1) is 17.2 Å². The third kappa shape index (κ3) is 5.87. The molecular weight excluding hydrogens is 477 g/mol. The second kappa shape index (κ2) is 10.6. The van der Waals surface area contributed by atoms with Crippen LogP contribution in [0, 0.1) is 5.92 Å². The van der Waals surface area contributed by atoms with Crippen LogP contribution in [-0.2, 0) is 17.4 Å². The average molecular weight is 503 g/mol. The lowest BCUT2D eigenvalue weighted by molar-refractivity contribution is -0.142. The summed E-state index contributed by atoms with van der Waals surface area (Å²) in [5.41, 5.74) is 0.336. The zero-order chi connectivity index (χ0) is 25.0. The number of halogens is 3. The van der Waals surface area contributed by atoms with Crippen molar-refractivity contribution in [3.05, 3.63) is 65.7 Å². The van der Waals surface area contributed by atoms with Crippen LogP contribution >= 0.6 is 11.9 Å². The van der Waals surface area contributed by atoms with Gasteiger partial charge in [-0.15, -0.1) is 0 Å². The number of aryl methyl sites for hydroxylation is 1. The molecule has 1 aliphatic heterocycles. The fourth-order valence-corrected chi connectivity index (χ4v) is 4.75. The summed E-state index contributed by atoms with van der Waals surface area (Å²) in [5.74, 6) is -0.294. The molecule has 0 amide bonds. The first kappa shape index (κ1) is 24.8. The van der Waals surface area contributed by atoms with Crippen LogP contribution in [0.1, 0.15) is 30.9 Å². The summed E-state index contributed by atoms with van der Waals surface area (Å²) in [7, 11) is 0. The van der Waals surface area contributed by atoms with Crippen LogP contribution in [0.25, 0.3) is 11.3 Å². The number of alkyl halides is 3. The highest BCUT2D eigenvalue weighted by atomic mass is 32.2. The molecule has 0 radical (unpaired) electrons. The minimum absolute atomic E-state index is 0.115. The van der Waals surface area contributed by atoms with Gasteiger partial charge in [0, 0.05) is 30.6 Å². The molecule has 1 fully saturated rings. The summed E-state index contributed by atoms with van der Waals surface area (Å²) in [4.78, 5) is 22.2. The van der Waals surface area contributed by atoms with Gasteiger partial charge >= 0.3 is 12.1 Å². The maximum absolute atomic E-state index is 13.7. The van der Waals surface area contributed by atoms with Gasteiger partial charge in [-0.3, -0.25) is 4.79 Å². The van der Waals surface area contributed by atoms with Gasteiger partial charge in [0.2, 0.25) is 0 Å². The number of aliphatic carboxylic acids is 1. The first-order valence-electron chi connectivity index (χ1n) is 11.3. The summed E-state index contributed by atoms with van der Waals surface area (Å²) in [5, 5.41) is 9.93. The molecule has 0 unspecified atom stereocenters. The number of hydrogen-bond donors (Lipinski definition) is 2. The maximum atomic E-state index is 13.7. The van der Waals surface area contributed by atoms with E-state index in [1.54, 1.807) is 30.3 Å². The number of aromatic nitrogens is 2. The Morgan fingerprint density at radius 3 is 2.69 bits per heavy atom. The minimum atomic E-state index is -4.53. The Morgan fingerprint density at radius 1 is 1.14 bits per heavy atom. The van der Waals surface area contributed by atoms with E-state index in [2.05, 4.69) is 14.7 Å². The molecule has 2 N–H and O–H groups in total. The van der Waals surface area contributed by atoms with Crippen molar-refractivity contribution < 1.29 is 23.1 Å². The third-order valence-corrected chi connectivity index (χ3v) is 6.67. The molecule has 0 saturated carbocycles. The number of anilines is 2. The van der Waals surface area contributed by atoms with Crippen molar-refractivity contribution in [3.63, 3.8) is 0 Å². The van der Waals surface area contributed by atoms with Crippen molar-refractivity contribution in [2.45, 2.75) is 37.4 Å². The molecule has 3 aromatic rings. The van der Waals surface area contributed by atoms with Crippen molar-refractivity contribution >= 4 is 29.6 Å². The van der Waals surface area contributed by atoms with Crippen LogP contribution in [0.3, 0.4) is 0 Å². The van der Waals surface area contributed by atoms with Gasteiger partial charge in [0.1, 0.15) is 16.7 Å². The van der Waals surface area contributed by atoms with E-state index in [1.165, 1.54) is 6.07 Å². The Bertz CT molecular complexity index is 1210. The predicted octanol–water partition coefficient (Wildman–Crippen LogP) is 6.15. The molecule has 10 heteroatoms. The molecule has 0 spiro atoms. The molecule has 1 saturated heterocycles. The normalized spacial score (nSPS) is 16.2. The maximum Gasteiger partial charge on any atom is 0.418 e. The summed E-state index contributed by atoms with van der Waals surface area (Å²) < 4.78 is 44.2. The first-order chi connectivity index (χ1) is 16.8. The number of pyridine rings is 2. The third-order valence-electron chi connectivity index (χ3n) is 5.92. The second-order valence-corrected chi connectivity index (χ2v) is 9.09. The smallest absolute Gasteiger partial charge is 0.418 e. The fraction of sp³-hybridized carbons (Fsp3) is 0.320. The van der Waals surface area contributed by atoms with Crippen molar-refractivity contribution in [3.8, 4) is 11.3 Å². The van der Waals surface area contributed by atoms with Gasteiger partial charge < -0.3 is 14.7 Å². The number of carboxylic acids is 1. The van der Waals surface area contributed by atoms with Gasteiger partial charge in [-0.25, -0.2) is 9.97 Å². The summed E-state index contributed by atoms with van der Waals surface area (Å²) in [6.07, 6.45) is -2.54. The zero-order valence-electron chi connectivity index (χ0n) is 19.0. The summed E-state index contributed by atoms with van der Waals surface area (Å²) >= 11 is 1.14. The van der Waals surface area contributed by atoms with Crippen molar-refractivity contribution in [1.29, 1.82) is 0 Å². The van der Waals surface area contributed by atoms with Crippen LogP contribution in [0.5, 0.6) is 0 Å². The van der Waals surface area contributed by atoms with Gasteiger partial charge in [0.25, 0.3) is 0 Å². The molecule has 1 aliphatic rings. The van der Waals surface area contributed by atoms with Gasteiger partial charge in [0.15, 0.2) is 0 Å². The lowest BCUT2D eigenvalue weighted by Gasteiger charge is -2.31. The lowest BCUT2D eigenvalue weighted by atomic mass is 9.98. The zero-order valence-corrected chi connectivity index (χ0v) is 19.9. The summed E-state index contributed by atoms with van der Waals surface area (Å²) in [6.45, 7) is 3.01. The van der Waals surface area contributed by atoms with E-state index in [4.69, 9.17) is 0 Å². The molecule has 35 heavy (non-hydrogen) atoms. The number of benzene rings is 1. The Morgan fingerprint density at radius 2 is 1.94 bits per heavy atom. The van der Waals surface area contributed by atoms with Crippen molar-refractivity contribution in [2.75, 3.05) is 22.7 Å². The fourth-order valence-electron chi connectivity index (χ4n) is 4.14. The molecule has 184 valence electrons. The highest BCUT2D eigenvalue weighted by Crippen LogP contribution is 2.38. The van der Waals surface area contributed by atoms with Gasteiger partial charge in [-0.2, -0.15) is 13.2 Å². The molecule has 4 rings (SSSR count). The number of carbonyl (C=O) groups is 1. The van der Waals surface area contributed by atoms with E-state index in [1.807, 2.05) is 24.0 Å². The van der Waals surface area contributed by atoms with E-state index < -0.39 is 23.6 Å². The van der Waals surface area contributed by atoms with Gasteiger partial charge in [-0.05, 0) is 49.1 Å².